The van der Waals surface area contributed by atoms with Crippen molar-refractivity contribution in [1.82, 2.24) is 0 Å². The van der Waals surface area contributed by atoms with Gasteiger partial charge in [-0.3, -0.25) is 4.79 Å². The third-order valence-corrected chi connectivity index (χ3v) is 5.44. The highest BCUT2D eigenvalue weighted by Gasteiger charge is 2.45. The van der Waals surface area contributed by atoms with Gasteiger partial charge in [-0.1, -0.05) is 0 Å². The molecule has 7 N–H and O–H groups in total. The number of rotatable bonds is 5. The molecule has 182 valence electrons. The lowest BCUT2D eigenvalue weighted by atomic mass is 9.99. The number of ether oxygens (including phenoxy) is 3. The lowest BCUT2D eigenvalue weighted by Gasteiger charge is -2.39. The van der Waals surface area contributed by atoms with Gasteiger partial charge in [0.1, 0.15) is 46.9 Å². The van der Waals surface area contributed by atoms with E-state index >= 15 is 0 Å². The van der Waals surface area contributed by atoms with E-state index in [1.807, 2.05) is 0 Å². The van der Waals surface area contributed by atoms with Gasteiger partial charge in [-0.2, -0.15) is 0 Å². The van der Waals surface area contributed by atoms with Crippen molar-refractivity contribution >= 4 is 11.0 Å². The lowest BCUT2D eigenvalue weighted by Crippen LogP contribution is -2.60. The topological polar surface area (TPSA) is 200 Å². The van der Waals surface area contributed by atoms with Gasteiger partial charge in [0, 0.05) is 17.7 Å². The molecule has 0 unspecified atom stereocenters. The normalized spacial score (nSPS) is 24.8. The second-order valence-corrected chi connectivity index (χ2v) is 7.63. The maximum absolute atomic E-state index is 13.3. The zero-order chi connectivity index (χ0) is 24.7. The fourth-order valence-corrected chi connectivity index (χ4v) is 3.68. The van der Waals surface area contributed by atoms with Crippen molar-refractivity contribution in [3.05, 3.63) is 40.6 Å². The summed E-state index contributed by atoms with van der Waals surface area (Å²) >= 11 is 0. The van der Waals surface area contributed by atoms with E-state index in [9.17, 15) is 40.5 Å². The van der Waals surface area contributed by atoms with Crippen LogP contribution >= 0.6 is 0 Å². The van der Waals surface area contributed by atoms with E-state index in [-0.39, 0.29) is 39.5 Å². The van der Waals surface area contributed by atoms with Crippen molar-refractivity contribution in [2.45, 2.75) is 30.7 Å². The van der Waals surface area contributed by atoms with Gasteiger partial charge in [0.05, 0.1) is 13.7 Å². The maximum Gasteiger partial charge on any atom is 0.239 e. The molecule has 0 bridgehead atoms. The zero-order valence-corrected chi connectivity index (χ0v) is 17.7. The first-order valence-electron chi connectivity index (χ1n) is 10.0. The molecule has 3 aromatic rings. The molecule has 1 fully saturated rings. The van der Waals surface area contributed by atoms with Gasteiger partial charge in [0.2, 0.25) is 17.5 Å². The van der Waals surface area contributed by atoms with Crippen molar-refractivity contribution in [3.63, 3.8) is 0 Å². The Morgan fingerprint density at radius 1 is 0.971 bits per heavy atom. The predicted octanol–water partition coefficient (Wildman–Crippen LogP) is -0.236. The zero-order valence-electron chi connectivity index (χ0n) is 17.7. The second-order valence-electron chi connectivity index (χ2n) is 7.63. The van der Waals surface area contributed by atoms with Crippen molar-refractivity contribution in [2.75, 3.05) is 13.7 Å². The molecule has 4 rings (SSSR count). The molecule has 1 aliphatic rings. The molecule has 1 aliphatic heterocycles. The van der Waals surface area contributed by atoms with Gasteiger partial charge >= 0.3 is 0 Å². The fraction of sp³-hybridized carbons (Fsp3) is 0.318. The third-order valence-electron chi connectivity index (χ3n) is 5.44. The second kappa shape index (κ2) is 9.00. The Bertz CT molecular complexity index is 1270. The molecule has 1 saturated heterocycles. The molecule has 2 heterocycles. The van der Waals surface area contributed by atoms with Gasteiger partial charge < -0.3 is 54.4 Å². The highest BCUT2D eigenvalue weighted by atomic mass is 16.7. The van der Waals surface area contributed by atoms with Crippen molar-refractivity contribution in [3.8, 4) is 40.1 Å². The molecule has 1 aromatic heterocycles. The molecule has 0 spiro atoms. The number of fused-ring (bicyclic) bond motifs is 1. The molecule has 12 heteroatoms. The number of hydrogen-bond donors (Lipinski definition) is 7. The smallest absolute Gasteiger partial charge is 0.239 e. The van der Waals surface area contributed by atoms with Gasteiger partial charge in [0.25, 0.3) is 0 Å². The summed E-state index contributed by atoms with van der Waals surface area (Å²) in [5, 5.41) is 69.7. The highest BCUT2D eigenvalue weighted by molar-refractivity contribution is 5.88. The van der Waals surface area contributed by atoms with E-state index in [1.54, 1.807) is 0 Å². The van der Waals surface area contributed by atoms with Gasteiger partial charge in [-0.15, -0.1) is 0 Å². The molecular formula is C22H22O12. The number of phenolic OH excluding ortho intramolecular Hbond substituents is 3. The number of aliphatic hydroxyl groups is 4. The van der Waals surface area contributed by atoms with E-state index in [0.29, 0.717) is 0 Å². The Morgan fingerprint density at radius 3 is 2.35 bits per heavy atom. The van der Waals surface area contributed by atoms with Crippen molar-refractivity contribution in [1.29, 1.82) is 0 Å². The molecule has 5 atom stereocenters. The minimum absolute atomic E-state index is 0.111. The van der Waals surface area contributed by atoms with Gasteiger partial charge in [0.15, 0.2) is 17.3 Å². The highest BCUT2D eigenvalue weighted by Crippen LogP contribution is 2.39. The largest absolute Gasteiger partial charge is 0.508 e. The summed E-state index contributed by atoms with van der Waals surface area (Å²) in [6, 6.07) is 6.00. The molecule has 0 saturated carbocycles. The molecule has 0 amide bonds. The first-order chi connectivity index (χ1) is 16.2. The Kier molecular flexibility index (Phi) is 6.25. The number of aliphatic hydroxyl groups excluding tert-OH is 4. The van der Waals surface area contributed by atoms with E-state index in [4.69, 9.17) is 18.6 Å². The molecule has 34 heavy (non-hydrogen) atoms. The van der Waals surface area contributed by atoms with Crippen LogP contribution < -0.4 is 14.9 Å². The summed E-state index contributed by atoms with van der Waals surface area (Å²) in [4.78, 5) is 13.3. The van der Waals surface area contributed by atoms with Crippen LogP contribution in [0.4, 0.5) is 0 Å². The van der Waals surface area contributed by atoms with Crippen LogP contribution in [0.15, 0.2) is 39.5 Å². The quantitative estimate of drug-likeness (QED) is 0.254. The summed E-state index contributed by atoms with van der Waals surface area (Å²) in [5.74, 6) is -2.05. The molecule has 0 aliphatic carbocycles. The first-order valence-corrected chi connectivity index (χ1v) is 10.0. The van der Waals surface area contributed by atoms with Gasteiger partial charge in [-0.05, 0) is 18.2 Å². The van der Waals surface area contributed by atoms with E-state index in [2.05, 4.69) is 0 Å². The minimum Gasteiger partial charge on any atom is -0.508 e. The Hall–Kier alpha value is -3.55. The van der Waals surface area contributed by atoms with E-state index in [1.165, 1.54) is 25.3 Å². The number of aromatic hydroxyl groups is 3. The monoisotopic (exact) mass is 478 g/mol. The summed E-state index contributed by atoms with van der Waals surface area (Å²) in [6.07, 6.45) is -8.31. The Morgan fingerprint density at radius 2 is 1.71 bits per heavy atom. The number of phenols is 3. The molecule has 0 radical (unpaired) electrons. The molecular weight excluding hydrogens is 456 g/mol. The van der Waals surface area contributed by atoms with Crippen LogP contribution in [0.1, 0.15) is 0 Å². The standard InChI is InChI=1S/C22H22O12/c1-31-12-3-2-8(4-10(12)25)20-21(17(28)15-11(26)5-9(24)6-13(15)32-20)34-22-19(30)18(29)16(27)14(7-23)33-22/h2-6,14,16,18-19,22-27,29-30H,7H2,1H3/t14-,16-,18+,19-,22-/m1/s1. The van der Waals surface area contributed by atoms with Crippen LogP contribution in [0, 0.1) is 0 Å². The fourth-order valence-electron chi connectivity index (χ4n) is 3.68. The molecule has 2 aromatic carbocycles. The summed E-state index contributed by atoms with van der Waals surface area (Å²) < 4.78 is 21.6. The average molecular weight is 478 g/mol. The van der Waals surface area contributed by atoms with Crippen molar-refractivity contribution < 1.29 is 54.4 Å². The van der Waals surface area contributed by atoms with Gasteiger partial charge in [-0.25, -0.2) is 0 Å². The summed E-state index contributed by atoms with van der Waals surface area (Å²) in [5.41, 5.74) is -1.03. The Balaban J connectivity index is 1.90. The van der Waals surface area contributed by atoms with E-state index in [0.717, 1.165) is 12.1 Å². The van der Waals surface area contributed by atoms with Crippen LogP contribution in [-0.2, 0) is 4.74 Å². The van der Waals surface area contributed by atoms with Crippen LogP contribution in [0.3, 0.4) is 0 Å². The third kappa shape index (κ3) is 3.97. The van der Waals surface area contributed by atoms with E-state index < -0.39 is 54.2 Å². The van der Waals surface area contributed by atoms with Crippen molar-refractivity contribution in [2.24, 2.45) is 0 Å². The SMILES string of the molecule is COc1ccc(-c2oc3cc(O)cc(O)c3c(=O)c2O[C@H]2O[C@H](CO)[C@@H](O)[C@H](O)[C@H]2O)cc1O. The minimum atomic E-state index is -1.83. The van der Waals surface area contributed by atoms with Crippen LogP contribution in [0.2, 0.25) is 0 Å². The number of methoxy groups -OCH3 is 1. The van der Waals surface area contributed by atoms with Crippen LogP contribution in [0.5, 0.6) is 28.7 Å². The molecule has 12 nitrogen and oxygen atoms in total. The summed E-state index contributed by atoms with van der Waals surface area (Å²) in [7, 11) is 1.34. The predicted molar refractivity (Wildman–Crippen MR) is 114 cm³/mol. The first kappa shape index (κ1) is 23.6. The van der Waals surface area contributed by atoms with Crippen LogP contribution in [0.25, 0.3) is 22.3 Å². The average Bonchev–Trinajstić information content (AvgIpc) is 2.80. The number of hydrogen-bond acceptors (Lipinski definition) is 12. The summed E-state index contributed by atoms with van der Waals surface area (Å²) in [6.45, 7) is -0.726. The lowest BCUT2D eigenvalue weighted by molar-refractivity contribution is -0.277. The maximum atomic E-state index is 13.3. The number of benzene rings is 2. The Labute approximate surface area is 191 Å². The van der Waals surface area contributed by atoms with Crippen LogP contribution in [-0.4, -0.2) is 80.2 Å².